The van der Waals surface area contributed by atoms with Crippen molar-refractivity contribution in [3.8, 4) is 0 Å². The average molecular weight is 384 g/mol. The maximum Gasteiger partial charge on any atom is 0.409 e. The van der Waals surface area contributed by atoms with Crippen molar-refractivity contribution < 1.29 is 9.53 Å². The van der Waals surface area contributed by atoms with Crippen LogP contribution in [-0.2, 0) is 11.2 Å². The van der Waals surface area contributed by atoms with E-state index in [9.17, 15) is 4.79 Å². The molecule has 0 saturated carbocycles. The first-order valence-electron chi connectivity index (χ1n) is 9.90. The Morgan fingerprint density at radius 1 is 1.25 bits per heavy atom. The van der Waals surface area contributed by atoms with Gasteiger partial charge in [0.15, 0.2) is 0 Å². The van der Waals surface area contributed by atoms with Crippen LogP contribution in [0.2, 0.25) is 0 Å². The Hall–Kier alpha value is -2.90. The molecule has 2 heterocycles. The summed E-state index contributed by atoms with van der Waals surface area (Å²) in [7, 11) is 0. The Morgan fingerprint density at radius 2 is 2.04 bits per heavy atom. The molecule has 150 valence electrons. The third kappa shape index (κ3) is 6.07. The van der Waals surface area contributed by atoms with Crippen molar-refractivity contribution in [3.05, 3.63) is 42.1 Å². The van der Waals surface area contributed by atoms with Gasteiger partial charge < -0.3 is 20.3 Å². The number of nitrogens with zero attached hydrogens (tertiary/aromatic N) is 4. The molecule has 1 aromatic heterocycles. The number of benzene rings is 1. The van der Waals surface area contributed by atoms with Crippen molar-refractivity contribution in [2.45, 2.75) is 38.6 Å². The van der Waals surface area contributed by atoms with Crippen molar-refractivity contribution in [3.63, 3.8) is 0 Å². The summed E-state index contributed by atoms with van der Waals surface area (Å²) in [6.45, 7) is 4.38. The third-order valence-electron chi connectivity index (χ3n) is 4.70. The van der Waals surface area contributed by atoms with E-state index in [1.165, 1.54) is 5.56 Å². The molecule has 0 radical (unpaired) electrons. The number of nitrogens with one attached hydrogen (secondary N) is 2. The number of aryl methyl sites for hydroxylation is 1. The number of aromatic nitrogens is 3. The molecule has 1 saturated heterocycles. The molecule has 0 aliphatic carbocycles. The molecule has 1 aromatic carbocycles. The number of carbonyl (C=O) groups excluding carboxylic acids is 1. The van der Waals surface area contributed by atoms with Gasteiger partial charge in [0.05, 0.1) is 12.8 Å². The molecule has 0 atom stereocenters. The van der Waals surface area contributed by atoms with Crippen molar-refractivity contribution in [1.82, 2.24) is 20.1 Å². The maximum absolute atomic E-state index is 11.8. The van der Waals surface area contributed by atoms with Crippen LogP contribution in [0.25, 0.3) is 0 Å². The summed E-state index contributed by atoms with van der Waals surface area (Å²) >= 11 is 0. The maximum atomic E-state index is 11.8. The number of likely N-dealkylation sites (tertiary alicyclic amines) is 1. The van der Waals surface area contributed by atoms with Gasteiger partial charge in [-0.25, -0.2) is 4.79 Å². The Bertz CT molecular complexity index is 734. The van der Waals surface area contributed by atoms with Crippen LogP contribution < -0.4 is 10.6 Å². The first kappa shape index (κ1) is 19.9. The normalized spacial score (nSPS) is 14.5. The van der Waals surface area contributed by atoms with Gasteiger partial charge in [-0.05, 0) is 38.2 Å². The smallest absolute Gasteiger partial charge is 0.409 e. The van der Waals surface area contributed by atoms with Crippen LogP contribution in [0.15, 0.2) is 36.5 Å². The summed E-state index contributed by atoms with van der Waals surface area (Å²) in [5.41, 5.74) is 1.33. The van der Waals surface area contributed by atoms with E-state index in [0.29, 0.717) is 25.6 Å². The second-order valence-corrected chi connectivity index (χ2v) is 6.79. The van der Waals surface area contributed by atoms with Gasteiger partial charge in [0.25, 0.3) is 0 Å². The molecule has 0 unspecified atom stereocenters. The van der Waals surface area contributed by atoms with Gasteiger partial charge in [-0.1, -0.05) is 30.3 Å². The molecule has 1 aliphatic rings. The van der Waals surface area contributed by atoms with E-state index >= 15 is 0 Å². The number of rotatable bonds is 8. The highest BCUT2D eigenvalue weighted by molar-refractivity contribution is 5.67. The fraction of sp³-hybridized carbons (Fsp3) is 0.500. The minimum atomic E-state index is -0.236. The van der Waals surface area contributed by atoms with E-state index < -0.39 is 0 Å². The van der Waals surface area contributed by atoms with Gasteiger partial charge >= 0.3 is 6.09 Å². The lowest BCUT2D eigenvalue weighted by molar-refractivity contribution is 0.0983. The predicted octanol–water partition coefficient (Wildman–Crippen LogP) is 2.95. The summed E-state index contributed by atoms with van der Waals surface area (Å²) in [4.78, 5) is 18.0. The lowest BCUT2D eigenvalue weighted by atomic mass is 10.1. The van der Waals surface area contributed by atoms with Gasteiger partial charge in [-0.15, -0.1) is 5.10 Å². The van der Waals surface area contributed by atoms with Gasteiger partial charge in [-0.3, -0.25) is 0 Å². The molecule has 2 aromatic rings. The first-order valence-corrected chi connectivity index (χ1v) is 9.90. The number of piperidine rings is 1. The van der Waals surface area contributed by atoms with Crippen LogP contribution in [0.4, 0.5) is 16.6 Å². The summed E-state index contributed by atoms with van der Waals surface area (Å²) in [6, 6.07) is 10.7. The summed E-state index contributed by atoms with van der Waals surface area (Å²) in [5, 5.41) is 14.7. The Kier molecular flexibility index (Phi) is 7.40. The minimum absolute atomic E-state index is 0.223. The second kappa shape index (κ2) is 10.4. The zero-order chi connectivity index (χ0) is 19.6. The topological polar surface area (TPSA) is 92.3 Å². The molecule has 0 bridgehead atoms. The lowest BCUT2D eigenvalue weighted by Gasteiger charge is -2.31. The number of amides is 1. The van der Waals surface area contributed by atoms with E-state index in [0.717, 1.165) is 38.0 Å². The van der Waals surface area contributed by atoms with Crippen LogP contribution in [0, 0.1) is 0 Å². The molecule has 2 N–H and O–H groups in total. The van der Waals surface area contributed by atoms with Crippen molar-refractivity contribution in [1.29, 1.82) is 0 Å². The Morgan fingerprint density at radius 3 is 2.79 bits per heavy atom. The molecular weight excluding hydrogens is 356 g/mol. The number of carbonyl (C=O) groups is 1. The zero-order valence-electron chi connectivity index (χ0n) is 16.3. The highest BCUT2D eigenvalue weighted by atomic mass is 16.6. The summed E-state index contributed by atoms with van der Waals surface area (Å²) in [6.07, 6.45) is 5.10. The largest absolute Gasteiger partial charge is 0.450 e. The third-order valence-corrected chi connectivity index (χ3v) is 4.70. The molecule has 0 spiro atoms. The van der Waals surface area contributed by atoms with Crippen LogP contribution in [0.3, 0.4) is 0 Å². The van der Waals surface area contributed by atoms with Gasteiger partial charge in [-0.2, -0.15) is 10.1 Å². The number of anilines is 2. The van der Waals surface area contributed by atoms with Crippen LogP contribution >= 0.6 is 0 Å². The molecule has 28 heavy (non-hydrogen) atoms. The van der Waals surface area contributed by atoms with Crippen molar-refractivity contribution >= 4 is 17.9 Å². The molecule has 1 aliphatic heterocycles. The predicted molar refractivity (Wildman–Crippen MR) is 108 cm³/mol. The van der Waals surface area contributed by atoms with E-state index in [2.05, 4.69) is 50.1 Å². The zero-order valence-corrected chi connectivity index (χ0v) is 16.3. The van der Waals surface area contributed by atoms with E-state index in [1.54, 1.807) is 11.1 Å². The molecule has 1 fully saturated rings. The molecule has 3 rings (SSSR count). The van der Waals surface area contributed by atoms with E-state index in [4.69, 9.17) is 4.74 Å². The fourth-order valence-electron chi connectivity index (χ4n) is 3.21. The Labute approximate surface area is 165 Å². The van der Waals surface area contributed by atoms with Crippen LogP contribution in [-0.4, -0.2) is 58.5 Å². The standard InChI is InChI=1S/C20H28N6O2/c1-2-28-20(27)26-13-10-17(11-14-26)23-19-24-18(15-22-25-19)21-12-6-9-16-7-4-3-5-8-16/h3-5,7-8,15,17H,2,6,9-14H2,1H3,(H2,21,23,24,25). The van der Waals surface area contributed by atoms with Crippen LogP contribution in [0.1, 0.15) is 31.7 Å². The number of hydrogen-bond donors (Lipinski definition) is 2. The van der Waals surface area contributed by atoms with Crippen molar-refractivity contribution in [2.75, 3.05) is 36.9 Å². The molecule has 1 amide bonds. The quantitative estimate of drug-likeness (QED) is 0.676. The highest BCUT2D eigenvalue weighted by Crippen LogP contribution is 2.15. The number of ether oxygens (including phenoxy) is 1. The summed E-state index contributed by atoms with van der Waals surface area (Å²) in [5.74, 6) is 1.23. The fourth-order valence-corrected chi connectivity index (χ4v) is 3.21. The molecule has 8 heteroatoms. The average Bonchev–Trinajstić information content (AvgIpc) is 2.73. The molecular formula is C20H28N6O2. The minimum Gasteiger partial charge on any atom is -0.450 e. The Balaban J connectivity index is 1.40. The SMILES string of the molecule is CCOC(=O)N1CCC(Nc2nncc(NCCCc3ccccc3)n2)CC1. The monoisotopic (exact) mass is 384 g/mol. The van der Waals surface area contributed by atoms with Crippen LogP contribution in [0.5, 0.6) is 0 Å². The highest BCUT2D eigenvalue weighted by Gasteiger charge is 2.24. The molecule has 8 nitrogen and oxygen atoms in total. The van der Waals surface area contributed by atoms with Gasteiger partial charge in [0, 0.05) is 25.7 Å². The second-order valence-electron chi connectivity index (χ2n) is 6.79. The van der Waals surface area contributed by atoms with Gasteiger partial charge in [0.2, 0.25) is 5.95 Å². The van der Waals surface area contributed by atoms with E-state index in [1.807, 2.05) is 13.0 Å². The lowest BCUT2D eigenvalue weighted by Crippen LogP contribution is -2.42. The first-order chi connectivity index (χ1) is 13.7. The number of hydrogen-bond acceptors (Lipinski definition) is 7. The van der Waals surface area contributed by atoms with E-state index in [-0.39, 0.29) is 12.1 Å². The van der Waals surface area contributed by atoms with Crippen molar-refractivity contribution in [2.24, 2.45) is 0 Å². The summed E-state index contributed by atoms with van der Waals surface area (Å²) < 4.78 is 5.05. The van der Waals surface area contributed by atoms with Gasteiger partial charge in [0.1, 0.15) is 5.82 Å².